The Morgan fingerprint density at radius 1 is 0.484 bits per heavy atom. The van der Waals surface area contributed by atoms with E-state index in [0.29, 0.717) is 141 Å². The number of rotatable bonds is 69. The van der Waals surface area contributed by atoms with E-state index in [-0.39, 0.29) is 165 Å². The molecule has 704 valence electrons. The number of nitrogens with zero attached hydrogens (tertiary/aromatic N) is 2. The molecule has 0 aromatic rings. The van der Waals surface area contributed by atoms with E-state index in [2.05, 4.69) is 10.2 Å². The molecule has 22 atom stereocenters. The van der Waals surface area contributed by atoms with Gasteiger partial charge in [0.2, 0.25) is 18.4 Å². The Labute approximate surface area is 717 Å². The molecular weight excluding hydrogens is 1650 g/mol. The predicted octanol–water partition coefficient (Wildman–Crippen LogP) is 3.97. The molecule has 5 saturated heterocycles. The third-order valence-electron chi connectivity index (χ3n) is 22.4. The molecule has 5 rings (SSSR count). The third-order valence-corrected chi connectivity index (χ3v) is 24.5. The Morgan fingerprint density at radius 3 is 1.20 bits per heavy atom. The number of carbonyl (C=O) groups excluding carboxylic acids is 8. The van der Waals surface area contributed by atoms with Crippen LogP contribution in [0.3, 0.4) is 0 Å². The molecule has 0 aliphatic carbocycles. The maximum atomic E-state index is 14.5. The van der Waals surface area contributed by atoms with Gasteiger partial charge in [0, 0.05) is 135 Å². The van der Waals surface area contributed by atoms with Crippen LogP contribution in [-0.4, -0.2) is 336 Å². The standard InChI is InChI=1S/C82H141N3O35P2/c1-54-42-66(119-121(106-6)113-41-34-83-5)70(115-54)50-114-122(104,105)120-65-43-58(46-86)85(45-65)72(97)44-71(96)84-82(51-107-38-31-62(93)25-13-7-10-22-59(90)28-16-19-35-110-79-55(2)73(98)76(101)67(47-87)116-79,52-108-39-32-63(94)26-14-8-11-23-60(91)29-17-20-36-111-80-56(3)74(99)77(102)68(48-88)117-80)53-109-40-33-64(95)27-15-9-12-24-61(92)30-18-21-37-112-81-57(4)75(100)78(103)69(49-89)118-81/h54-58,65-70,73-81,86-89,98-103H,7-53H2,1-4,6H3,(H,84,96)(H,104,105)/t54-,55?,56?,57?,58-,65+,66?,67?,68?,69?,70+,73+,74+,75+,76-,77-,78-,79+,80+,81+,82?,121?/m0/s1. The zero-order valence-electron chi connectivity index (χ0n) is 71.8. The highest BCUT2D eigenvalue weighted by Gasteiger charge is 2.47. The number of phosphoric acid groups is 1. The van der Waals surface area contributed by atoms with Gasteiger partial charge in [-0.3, -0.25) is 47.4 Å². The maximum Gasteiger partial charge on any atom is 0.472 e. The molecule has 122 heavy (non-hydrogen) atoms. The number of amides is 2. The number of unbranched alkanes of at least 4 members (excludes halogenated alkanes) is 9. The van der Waals surface area contributed by atoms with E-state index in [9.17, 15) is 98.9 Å². The Morgan fingerprint density at radius 2 is 0.852 bits per heavy atom. The SMILES string of the molecule is [C-]#[N+]CCOP(OC)OC1C[C@H](C)O[C@@H]1COP(=O)(O)O[C@@H]1C[C@@H](CO)N(C(=O)CC(=O)NC(COCCC(=O)CCCCCC(=O)CCCCO[C@@H]2OC(CO)[C@H](O)[C@H](O)C2C)(COCCC(=O)CCCCCC(=O)CCCCO[C@@H]2OC(CO)[C@H](O)[C@H](O)C2C)COCCC(=O)CCCCCC(=O)CCCCO[C@@H]2OC(CO)[C@H](O)[C@H](O)C2C)C1. The number of aliphatic hydroxyl groups excluding tert-OH is 10. The zero-order chi connectivity index (χ0) is 89.6. The highest BCUT2D eigenvalue weighted by Crippen LogP contribution is 2.49. The Kier molecular flexibility index (Phi) is 53.4. The van der Waals surface area contributed by atoms with Gasteiger partial charge in [-0.2, -0.15) is 0 Å². The summed E-state index contributed by atoms with van der Waals surface area (Å²) in [5, 5.41) is 103. The van der Waals surface area contributed by atoms with Crippen molar-refractivity contribution in [3.05, 3.63) is 11.4 Å². The summed E-state index contributed by atoms with van der Waals surface area (Å²) < 4.78 is 99.7. The fraction of sp³-hybridized carbons (Fsp3) is 0.890. The molecule has 0 radical (unpaired) electrons. The number of phosphoric ester groups is 1. The molecule has 5 aliphatic heterocycles. The molecule has 5 aliphatic rings. The first-order valence-electron chi connectivity index (χ1n) is 43.5. The fourth-order valence-electron chi connectivity index (χ4n) is 14.9. The van der Waals surface area contributed by atoms with Gasteiger partial charge in [-0.25, -0.2) is 11.1 Å². The van der Waals surface area contributed by atoms with Crippen molar-refractivity contribution in [3.63, 3.8) is 0 Å². The number of aliphatic hydroxyl groups is 10. The second kappa shape index (κ2) is 60.0. The predicted molar refractivity (Wildman–Crippen MR) is 434 cm³/mol. The highest BCUT2D eigenvalue weighted by atomic mass is 31.2. The number of nitrogens with one attached hydrogen (secondary N) is 1. The summed E-state index contributed by atoms with van der Waals surface area (Å²) in [6.45, 7) is 10.1. The summed E-state index contributed by atoms with van der Waals surface area (Å²) in [5.41, 5.74) is -1.66. The van der Waals surface area contributed by atoms with Crippen LogP contribution >= 0.6 is 16.4 Å². The van der Waals surface area contributed by atoms with Crippen molar-refractivity contribution in [1.82, 2.24) is 10.2 Å². The molecule has 0 spiro atoms. The van der Waals surface area contributed by atoms with Gasteiger partial charge < -0.3 is 132 Å². The van der Waals surface area contributed by atoms with Gasteiger partial charge in [-0.05, 0) is 90.4 Å². The minimum Gasteiger partial charge on any atom is -0.394 e. The van der Waals surface area contributed by atoms with Crippen molar-refractivity contribution < 1.29 is 169 Å². The smallest absolute Gasteiger partial charge is 0.394 e. The fourth-order valence-corrected chi connectivity index (χ4v) is 16.7. The molecule has 0 saturated carbocycles. The first-order chi connectivity index (χ1) is 58.4. The van der Waals surface area contributed by atoms with Gasteiger partial charge in [0.1, 0.15) is 96.0 Å². The van der Waals surface area contributed by atoms with E-state index in [4.69, 9.17) is 76.6 Å². The van der Waals surface area contributed by atoms with Crippen LogP contribution in [0.2, 0.25) is 0 Å². The summed E-state index contributed by atoms with van der Waals surface area (Å²) in [4.78, 5) is 122. The Hall–Kier alpha value is -3.93. The summed E-state index contributed by atoms with van der Waals surface area (Å²) >= 11 is 0. The lowest BCUT2D eigenvalue weighted by Gasteiger charge is -2.40. The van der Waals surface area contributed by atoms with E-state index >= 15 is 0 Å². The van der Waals surface area contributed by atoms with Gasteiger partial charge in [-0.1, -0.05) is 40.0 Å². The second-order valence-corrected chi connectivity index (χ2v) is 35.3. The summed E-state index contributed by atoms with van der Waals surface area (Å²) in [5.74, 6) is -3.67. The molecule has 5 fully saturated rings. The Bertz CT molecular complexity index is 2910. The van der Waals surface area contributed by atoms with Crippen molar-refractivity contribution in [3.8, 4) is 0 Å². The zero-order valence-corrected chi connectivity index (χ0v) is 73.6. The van der Waals surface area contributed by atoms with Crippen LogP contribution in [0.5, 0.6) is 0 Å². The normalized spacial score (nSPS) is 28.6. The van der Waals surface area contributed by atoms with E-state index in [1.165, 1.54) is 7.11 Å². The highest BCUT2D eigenvalue weighted by molar-refractivity contribution is 7.47. The number of ketones is 6. The lowest BCUT2D eigenvalue weighted by Crippen LogP contribution is -2.59. The summed E-state index contributed by atoms with van der Waals surface area (Å²) in [6, 6.07) is -0.985. The van der Waals surface area contributed by atoms with E-state index in [0.717, 1.165) is 4.90 Å². The molecule has 12 N–H and O–H groups in total. The van der Waals surface area contributed by atoms with Crippen LogP contribution in [0.25, 0.3) is 4.85 Å². The van der Waals surface area contributed by atoms with Crippen molar-refractivity contribution in [1.29, 1.82) is 0 Å². The quantitative estimate of drug-likeness (QED) is 0.0177. The molecular formula is C82H141N3O35P2. The molecule has 2 amide bonds. The van der Waals surface area contributed by atoms with Gasteiger partial charge >= 0.3 is 16.4 Å². The molecule has 40 heteroatoms. The van der Waals surface area contributed by atoms with Gasteiger partial charge in [0.05, 0.1) is 115 Å². The number of Topliss-reactive ketones (excluding diaryl/α,β-unsaturated/α-hetero) is 6. The van der Waals surface area contributed by atoms with Crippen molar-refractivity contribution >= 4 is 62.9 Å². The van der Waals surface area contributed by atoms with E-state index in [1.807, 2.05) is 0 Å². The summed E-state index contributed by atoms with van der Waals surface area (Å²) in [7, 11) is -5.44. The number of hydrogen-bond donors (Lipinski definition) is 12. The van der Waals surface area contributed by atoms with Crippen LogP contribution < -0.4 is 5.32 Å². The maximum absolute atomic E-state index is 14.5. The van der Waals surface area contributed by atoms with Gasteiger partial charge in [-0.15, -0.1) is 0 Å². The first kappa shape index (κ1) is 109. The number of carbonyl (C=O) groups is 8. The van der Waals surface area contributed by atoms with Crippen LogP contribution in [0.15, 0.2) is 0 Å². The number of likely N-dealkylation sites (tertiary alicyclic amines) is 1. The average molecular weight is 1790 g/mol. The average Bonchev–Trinajstić information content (AvgIpc) is 1.20. The topological polar surface area (TPSA) is 534 Å². The minimum absolute atomic E-state index is 0.0435. The lowest BCUT2D eigenvalue weighted by molar-refractivity contribution is -0.282. The third kappa shape index (κ3) is 40.4. The van der Waals surface area contributed by atoms with E-state index in [1.54, 1.807) is 27.7 Å². The van der Waals surface area contributed by atoms with Crippen molar-refractivity contribution in [2.24, 2.45) is 17.8 Å². The van der Waals surface area contributed by atoms with E-state index < -0.39 is 189 Å². The lowest BCUT2D eigenvalue weighted by atomic mass is 9.92. The molecule has 0 aromatic carbocycles. The Balaban J connectivity index is 1.18. The van der Waals surface area contributed by atoms with Gasteiger partial charge in [0.15, 0.2) is 18.9 Å². The molecule has 0 aromatic heterocycles. The molecule has 9 unspecified atom stereocenters. The summed E-state index contributed by atoms with van der Waals surface area (Å²) in [6.07, 6.45) is -6.11. The van der Waals surface area contributed by atoms with Crippen LogP contribution in [0, 0.1) is 24.3 Å². The van der Waals surface area contributed by atoms with Crippen molar-refractivity contribution in [2.45, 2.75) is 330 Å². The second-order valence-electron chi connectivity index (χ2n) is 32.6. The van der Waals surface area contributed by atoms with Gasteiger partial charge in [0.25, 0.3) is 0 Å². The molecule has 38 nitrogen and oxygen atoms in total. The number of ether oxygens (including phenoxy) is 10. The van der Waals surface area contributed by atoms with Crippen molar-refractivity contribution in [2.75, 3.05) is 119 Å². The largest absolute Gasteiger partial charge is 0.472 e. The number of hydrogen-bond acceptors (Lipinski definition) is 34. The first-order valence-corrected chi connectivity index (χ1v) is 46.1. The molecule has 5 heterocycles. The monoisotopic (exact) mass is 1790 g/mol. The van der Waals surface area contributed by atoms with Crippen LogP contribution in [-0.2, 0) is 113 Å². The molecule has 0 bridgehead atoms. The van der Waals surface area contributed by atoms with Crippen LogP contribution in [0.1, 0.15) is 220 Å². The minimum atomic E-state index is -4.91. The van der Waals surface area contributed by atoms with Crippen LogP contribution in [0.4, 0.5) is 0 Å².